The molecule has 5 nitrogen and oxygen atoms in total. The summed E-state index contributed by atoms with van der Waals surface area (Å²) < 4.78 is 10.4. The second-order valence-corrected chi connectivity index (χ2v) is 17.9. The Morgan fingerprint density at radius 1 is 0.326 bits per heavy atom. The zero-order valence-electron chi connectivity index (χ0n) is 23.1. The average molecular weight is 1330 g/mol. The van der Waals surface area contributed by atoms with E-state index in [1.807, 2.05) is 84.9 Å². The molecule has 0 aromatic heterocycles. The van der Waals surface area contributed by atoms with Crippen molar-refractivity contribution in [2.24, 2.45) is 0 Å². The number of anilines is 5. The number of benzene rings is 5. The molecule has 5 rings (SSSR count). The number of halogens is 11. The van der Waals surface area contributed by atoms with Gasteiger partial charge in [0, 0.05) is 57.3 Å². The monoisotopic (exact) mass is 1320 g/mol. The highest BCUT2D eigenvalue weighted by atomic mass is 79.9. The van der Waals surface area contributed by atoms with E-state index in [9.17, 15) is 0 Å². The normalized spacial score (nSPS) is 9.63. The SMILES string of the molecule is Nc1c(Br)c(Br)cc(Br)c1Br.Nc1c(Br)cccc1Br.Nc1cc(Br)ccc1Br.Nc1ccc(Br)cc1Br.Nc1cccc(Br)c1. The third-order valence-electron chi connectivity index (χ3n) is 4.91. The zero-order chi connectivity index (χ0) is 35.1. The van der Waals surface area contributed by atoms with Gasteiger partial charge in [0.25, 0.3) is 0 Å². The molecule has 0 saturated carbocycles. The number of nitrogen functional groups attached to an aromatic ring is 5. The van der Waals surface area contributed by atoms with E-state index in [-0.39, 0.29) is 0 Å². The van der Waals surface area contributed by atoms with Crippen molar-refractivity contribution < 1.29 is 0 Å². The molecule has 0 atom stereocenters. The molecule has 0 heterocycles. The standard InChI is InChI=1S/C6H3Br4N.3C6H5Br2N.C6H6BrN/c7-2-1-3(8)5(10)6(11)4(2)9;7-4-1-2-6(9)5(8)3-4;7-4-1-2-5(8)6(9)3-4;7-4-2-1-3-5(8)6(4)9;7-5-2-1-3-6(8)4-5/h1H,11H2;3*1-3H,9H2;1-4H,8H2. The number of hydrogen-bond acceptors (Lipinski definition) is 5. The van der Waals surface area contributed by atoms with E-state index in [2.05, 4.69) is 175 Å². The minimum Gasteiger partial charge on any atom is -0.399 e. The average Bonchev–Trinajstić information content (AvgIpc) is 2.99. The van der Waals surface area contributed by atoms with Gasteiger partial charge in [0.2, 0.25) is 0 Å². The van der Waals surface area contributed by atoms with Gasteiger partial charge in [-0.3, -0.25) is 0 Å². The van der Waals surface area contributed by atoms with E-state index in [0.29, 0.717) is 5.69 Å². The number of nitrogens with two attached hydrogens (primary N) is 5. The molecule has 0 bridgehead atoms. The lowest BCUT2D eigenvalue weighted by Crippen LogP contribution is -1.89. The molecule has 46 heavy (non-hydrogen) atoms. The van der Waals surface area contributed by atoms with Gasteiger partial charge in [-0.05, 0) is 200 Å². The molecule has 0 fully saturated rings. The van der Waals surface area contributed by atoms with Gasteiger partial charge in [0.15, 0.2) is 0 Å². The maximum Gasteiger partial charge on any atom is 0.0626 e. The summed E-state index contributed by atoms with van der Waals surface area (Å²) in [5, 5.41) is 0. The lowest BCUT2D eigenvalue weighted by atomic mass is 10.3. The largest absolute Gasteiger partial charge is 0.399 e. The lowest BCUT2D eigenvalue weighted by Gasteiger charge is -2.05. The van der Waals surface area contributed by atoms with E-state index in [4.69, 9.17) is 28.7 Å². The van der Waals surface area contributed by atoms with Crippen LogP contribution in [0.5, 0.6) is 0 Å². The van der Waals surface area contributed by atoms with Crippen molar-refractivity contribution in [3.05, 3.63) is 134 Å². The maximum atomic E-state index is 5.73. The van der Waals surface area contributed by atoms with E-state index in [0.717, 1.165) is 71.9 Å². The van der Waals surface area contributed by atoms with Gasteiger partial charge in [0.05, 0.1) is 20.3 Å². The highest BCUT2D eigenvalue weighted by Gasteiger charge is 2.08. The van der Waals surface area contributed by atoms with Crippen molar-refractivity contribution in [2.75, 3.05) is 28.7 Å². The van der Waals surface area contributed by atoms with E-state index in [1.54, 1.807) is 0 Å². The Bertz CT molecular complexity index is 1620. The lowest BCUT2D eigenvalue weighted by molar-refractivity contribution is 1.50. The van der Waals surface area contributed by atoms with Crippen molar-refractivity contribution in [1.82, 2.24) is 0 Å². The van der Waals surface area contributed by atoms with Crippen LogP contribution in [0, 0.1) is 0 Å². The third-order valence-corrected chi connectivity index (χ3v) is 13.2. The second-order valence-electron chi connectivity index (χ2n) is 8.40. The van der Waals surface area contributed by atoms with Crippen LogP contribution in [0.15, 0.2) is 134 Å². The van der Waals surface area contributed by atoms with Crippen LogP contribution in [0.4, 0.5) is 28.4 Å². The Balaban J connectivity index is 0.000000289. The van der Waals surface area contributed by atoms with E-state index in [1.165, 1.54) is 0 Å². The van der Waals surface area contributed by atoms with Gasteiger partial charge in [-0.1, -0.05) is 59.9 Å². The minimum absolute atomic E-state index is 0.686. The fourth-order valence-corrected chi connectivity index (χ4v) is 7.80. The van der Waals surface area contributed by atoms with E-state index >= 15 is 0 Å². The molecule has 0 radical (unpaired) electrons. The summed E-state index contributed by atoms with van der Waals surface area (Å²) in [5.74, 6) is 0. The van der Waals surface area contributed by atoms with Crippen LogP contribution < -0.4 is 28.7 Å². The maximum absolute atomic E-state index is 5.73. The molecule has 246 valence electrons. The van der Waals surface area contributed by atoms with Gasteiger partial charge in [-0.15, -0.1) is 0 Å². The molecular formula is C30H24Br11N5. The summed E-state index contributed by atoms with van der Waals surface area (Å²) in [4.78, 5) is 0. The first-order valence-electron chi connectivity index (χ1n) is 12.1. The summed E-state index contributed by atoms with van der Waals surface area (Å²) >= 11 is 36.4. The van der Waals surface area contributed by atoms with Crippen LogP contribution in [-0.2, 0) is 0 Å². The molecule has 0 saturated heterocycles. The van der Waals surface area contributed by atoms with Crippen molar-refractivity contribution in [3.63, 3.8) is 0 Å². The first-order valence-corrected chi connectivity index (χ1v) is 20.9. The molecule has 0 amide bonds. The predicted molar refractivity (Wildman–Crippen MR) is 239 cm³/mol. The number of hydrogen-bond donors (Lipinski definition) is 5. The summed E-state index contributed by atoms with van der Waals surface area (Å²) in [7, 11) is 0. The van der Waals surface area contributed by atoms with Gasteiger partial charge in [-0.25, -0.2) is 0 Å². The summed E-state index contributed by atoms with van der Waals surface area (Å²) in [6, 6.07) is 26.5. The van der Waals surface area contributed by atoms with Crippen LogP contribution in [0.2, 0.25) is 0 Å². The third kappa shape index (κ3) is 16.9. The first kappa shape index (κ1) is 44.4. The predicted octanol–water partition coefficient (Wildman–Crippen LogP) is 14.7. The van der Waals surface area contributed by atoms with Crippen LogP contribution in [0.1, 0.15) is 0 Å². The molecule has 10 N–H and O–H groups in total. The molecule has 0 aliphatic heterocycles. The van der Waals surface area contributed by atoms with Crippen molar-refractivity contribution in [2.45, 2.75) is 0 Å². The Kier molecular flexibility index (Phi) is 22.2. The Morgan fingerprint density at radius 2 is 0.804 bits per heavy atom. The molecule has 0 spiro atoms. The first-order chi connectivity index (χ1) is 21.4. The molecule has 0 aliphatic rings. The number of rotatable bonds is 0. The Labute approximate surface area is 361 Å². The minimum atomic E-state index is 0.686. The van der Waals surface area contributed by atoms with Crippen LogP contribution in [-0.4, -0.2) is 0 Å². The zero-order valence-corrected chi connectivity index (χ0v) is 40.6. The van der Waals surface area contributed by atoms with Gasteiger partial charge >= 0.3 is 0 Å². The summed E-state index contributed by atoms with van der Waals surface area (Å²) in [5.41, 5.74) is 31.6. The Morgan fingerprint density at radius 3 is 1.20 bits per heavy atom. The fourth-order valence-electron chi connectivity index (χ4n) is 2.63. The second kappa shape index (κ2) is 23.0. The highest BCUT2D eigenvalue weighted by molar-refractivity contribution is 9.14. The fraction of sp³-hybridized carbons (Fsp3) is 0. The van der Waals surface area contributed by atoms with E-state index < -0.39 is 0 Å². The molecule has 0 aliphatic carbocycles. The highest BCUT2D eigenvalue weighted by Crippen LogP contribution is 2.39. The Hall–Kier alpha value is 0.380. The van der Waals surface area contributed by atoms with Gasteiger partial charge < -0.3 is 28.7 Å². The van der Waals surface area contributed by atoms with Gasteiger partial charge in [0.1, 0.15) is 0 Å². The molecule has 0 unspecified atom stereocenters. The summed E-state index contributed by atoms with van der Waals surface area (Å²) in [6.07, 6.45) is 0. The van der Waals surface area contributed by atoms with Crippen LogP contribution in [0.3, 0.4) is 0 Å². The molecule has 5 aromatic rings. The quantitative estimate of drug-likeness (QED) is 0.0779. The molecule has 5 aromatic carbocycles. The van der Waals surface area contributed by atoms with Crippen molar-refractivity contribution >= 4 is 204 Å². The van der Waals surface area contributed by atoms with Crippen LogP contribution in [0.25, 0.3) is 0 Å². The van der Waals surface area contributed by atoms with Gasteiger partial charge in [-0.2, -0.15) is 0 Å². The number of para-hydroxylation sites is 1. The summed E-state index contributed by atoms with van der Waals surface area (Å²) in [6.45, 7) is 0. The van der Waals surface area contributed by atoms with Crippen molar-refractivity contribution in [1.29, 1.82) is 0 Å². The molecule has 16 heteroatoms. The van der Waals surface area contributed by atoms with Crippen LogP contribution >= 0.6 is 175 Å². The van der Waals surface area contributed by atoms with Crippen molar-refractivity contribution in [3.8, 4) is 0 Å². The topological polar surface area (TPSA) is 130 Å². The molecular weight excluding hydrogens is 1310 g/mol. The smallest absolute Gasteiger partial charge is 0.0626 e.